The summed E-state index contributed by atoms with van der Waals surface area (Å²) in [6, 6.07) is 3.58. The third-order valence-electron chi connectivity index (χ3n) is 10.3. The molecule has 0 saturated carbocycles. The number of aromatic nitrogens is 10. The Labute approximate surface area is 351 Å². The van der Waals surface area contributed by atoms with Crippen molar-refractivity contribution in [3.05, 3.63) is 78.6 Å². The number of hydrogen-bond donors (Lipinski definition) is 2. The molecule has 2 fully saturated rings. The largest absolute Gasteiger partial charge is 0.493 e. The van der Waals surface area contributed by atoms with Gasteiger partial charge in [-0.15, -0.1) is 0 Å². The lowest BCUT2D eigenvalue weighted by molar-refractivity contribution is -0.0797. The molecule has 0 aliphatic carbocycles. The maximum Gasteiger partial charge on any atom is 0.229 e. The first kappa shape index (κ1) is 41.6. The van der Waals surface area contributed by atoms with Crippen molar-refractivity contribution in [2.45, 2.75) is 32.4 Å². The number of halogens is 1. The Morgan fingerprint density at radius 1 is 0.667 bits per heavy atom. The quantitative estimate of drug-likeness (QED) is 0.224. The number of methoxy groups -OCH3 is 2. The van der Waals surface area contributed by atoms with Crippen molar-refractivity contribution in [1.82, 2.24) is 49.0 Å². The van der Waals surface area contributed by atoms with E-state index in [9.17, 15) is 0 Å². The van der Waals surface area contributed by atoms with E-state index in [0.29, 0.717) is 91.6 Å². The zero-order valence-electron chi connectivity index (χ0n) is 33.3. The maximum absolute atomic E-state index is 5.84. The first-order valence-corrected chi connectivity index (χ1v) is 18.8. The lowest BCUT2D eigenvalue weighted by Gasteiger charge is -2.50. The van der Waals surface area contributed by atoms with Crippen LogP contribution in [0.1, 0.15) is 18.8 Å². The highest BCUT2D eigenvalue weighted by Crippen LogP contribution is 2.40. The number of likely N-dealkylation sites (N-methyl/N-ethyl adjacent to an activating group) is 2. The summed E-state index contributed by atoms with van der Waals surface area (Å²) in [6.45, 7) is 7.63. The fourth-order valence-corrected chi connectivity index (χ4v) is 6.72. The number of pyridine rings is 2. The number of imidazole rings is 2. The number of ether oxygens (including phenoxy) is 6. The molecular weight excluding hydrogens is 796 g/mol. The zero-order chi connectivity index (χ0) is 41.3. The van der Waals surface area contributed by atoms with E-state index in [4.69, 9.17) is 45.8 Å². The van der Waals surface area contributed by atoms with E-state index in [1.807, 2.05) is 51.0 Å². The third-order valence-corrected chi connectivity index (χ3v) is 10.5. The van der Waals surface area contributed by atoms with Gasteiger partial charge in [0.25, 0.3) is 0 Å². The lowest BCUT2D eigenvalue weighted by Crippen LogP contribution is -2.66. The fourth-order valence-electron chi connectivity index (χ4n) is 6.59. The molecule has 60 heavy (non-hydrogen) atoms. The Balaban J connectivity index is 0.000000148. The standard InChI is InChI=1S/C19H21N7O3.C10H12N4O.C9H10ClN3O2.CH4/c1-12-7-26(11-22-12)16-14(27-3)4-13(5-20-16)23-18-21-6-15-17(24-18)25(2)19(10-29-15)8-28-9-19;1-7-5-14(6-13-7)10-9(15-2)3-8(11)4-12-10;1-13-7-6(2-11-8(10)12-7)15-5-9(13)3-14-4-9;/h4-7,11H,8-10H2,1-3H3,(H,21,23,24);3-6H,11H2,1-2H3;2H,3-5H2,1H3;1H4. The Hall–Kier alpha value is -6.51. The molecule has 21 heteroatoms. The SMILES string of the molecule is C.CN1c2nc(Cl)ncc2OCC12COC2.COc1cc(N)cnc1-n1cnc(C)c1.COc1cc(Nc2ncc3c(n2)N(C)C2(COC2)CO3)cnc1-n1cnc(C)c1. The highest BCUT2D eigenvalue weighted by atomic mass is 35.5. The Bertz CT molecular complexity index is 2460. The molecule has 316 valence electrons. The Morgan fingerprint density at radius 3 is 1.68 bits per heavy atom. The van der Waals surface area contributed by atoms with Crippen molar-refractivity contribution in [1.29, 1.82) is 0 Å². The monoisotopic (exact) mass is 842 g/mol. The molecule has 0 bridgehead atoms. The molecule has 0 aromatic carbocycles. The molecule has 10 rings (SSSR count). The summed E-state index contributed by atoms with van der Waals surface area (Å²) >= 11 is 5.76. The maximum atomic E-state index is 5.84. The third kappa shape index (κ3) is 8.08. The number of hydrogen-bond acceptors (Lipinski definition) is 18. The van der Waals surface area contributed by atoms with Gasteiger partial charge in [-0.1, -0.05) is 7.43 Å². The van der Waals surface area contributed by atoms with Gasteiger partial charge in [0.2, 0.25) is 11.2 Å². The molecule has 0 amide bonds. The van der Waals surface area contributed by atoms with E-state index in [1.54, 1.807) is 62.3 Å². The molecular formula is C39H47ClN14O6. The summed E-state index contributed by atoms with van der Waals surface area (Å²) in [4.78, 5) is 38.3. The molecule has 20 nitrogen and oxygen atoms in total. The second-order valence-corrected chi connectivity index (χ2v) is 14.7. The minimum atomic E-state index is -0.145. The van der Waals surface area contributed by atoms with Crippen molar-refractivity contribution >= 4 is 40.6 Å². The predicted octanol–water partition coefficient (Wildman–Crippen LogP) is 4.25. The number of aryl methyl sites for hydroxylation is 2. The number of nitrogens with one attached hydrogen (secondary N) is 1. The number of nitrogen functional groups attached to an aromatic ring is 1. The van der Waals surface area contributed by atoms with E-state index < -0.39 is 0 Å². The summed E-state index contributed by atoms with van der Waals surface area (Å²) in [5, 5.41) is 3.43. The minimum Gasteiger partial charge on any atom is -0.493 e. The van der Waals surface area contributed by atoms with Gasteiger partial charge in [-0.25, -0.2) is 29.9 Å². The molecule has 2 spiro atoms. The molecule has 0 atom stereocenters. The van der Waals surface area contributed by atoms with E-state index in [1.165, 1.54) is 0 Å². The van der Waals surface area contributed by atoms with Gasteiger partial charge < -0.3 is 49.3 Å². The van der Waals surface area contributed by atoms with Crippen LogP contribution < -0.4 is 39.8 Å². The number of fused-ring (bicyclic) bond motifs is 2. The van der Waals surface area contributed by atoms with Crippen LogP contribution in [-0.2, 0) is 9.47 Å². The highest BCUT2D eigenvalue weighted by Gasteiger charge is 2.49. The van der Waals surface area contributed by atoms with Gasteiger partial charge in [0.15, 0.2) is 46.3 Å². The number of rotatable bonds is 6. The van der Waals surface area contributed by atoms with Gasteiger partial charge >= 0.3 is 0 Å². The lowest BCUT2D eigenvalue weighted by atomic mass is 9.95. The normalized spacial score (nSPS) is 16.1. The molecule has 4 aliphatic heterocycles. The summed E-state index contributed by atoms with van der Waals surface area (Å²) in [5.41, 5.74) is 8.53. The highest BCUT2D eigenvalue weighted by molar-refractivity contribution is 6.28. The van der Waals surface area contributed by atoms with Crippen molar-refractivity contribution in [3.63, 3.8) is 0 Å². The second kappa shape index (κ2) is 17.0. The van der Waals surface area contributed by atoms with E-state index in [2.05, 4.69) is 55.0 Å². The van der Waals surface area contributed by atoms with Crippen molar-refractivity contribution < 1.29 is 28.4 Å². The predicted molar refractivity (Wildman–Crippen MR) is 224 cm³/mol. The smallest absolute Gasteiger partial charge is 0.229 e. The van der Waals surface area contributed by atoms with Gasteiger partial charge in [0, 0.05) is 38.6 Å². The van der Waals surface area contributed by atoms with E-state index in [0.717, 1.165) is 23.0 Å². The van der Waals surface area contributed by atoms with Gasteiger partial charge in [-0.2, -0.15) is 9.97 Å². The Morgan fingerprint density at radius 2 is 1.18 bits per heavy atom. The van der Waals surface area contributed by atoms with Gasteiger partial charge in [0.05, 0.1) is 88.2 Å². The van der Waals surface area contributed by atoms with Crippen LogP contribution in [0.5, 0.6) is 23.0 Å². The molecule has 4 aliphatic rings. The summed E-state index contributed by atoms with van der Waals surface area (Å²) < 4.78 is 36.4. The van der Waals surface area contributed by atoms with Crippen molar-refractivity contribution in [2.75, 3.05) is 88.8 Å². The van der Waals surface area contributed by atoms with Crippen LogP contribution in [0.15, 0.2) is 62.0 Å². The topological polar surface area (TPSA) is 213 Å². The van der Waals surface area contributed by atoms with Crippen LogP contribution >= 0.6 is 11.6 Å². The summed E-state index contributed by atoms with van der Waals surface area (Å²) in [7, 11) is 7.18. The first-order valence-electron chi connectivity index (χ1n) is 18.4. The molecule has 0 unspecified atom stereocenters. The summed E-state index contributed by atoms with van der Waals surface area (Å²) in [5.74, 6) is 5.86. The summed E-state index contributed by atoms with van der Waals surface area (Å²) in [6.07, 6.45) is 13.7. The van der Waals surface area contributed by atoms with Crippen LogP contribution in [0.4, 0.5) is 29.0 Å². The van der Waals surface area contributed by atoms with Gasteiger partial charge in [0.1, 0.15) is 36.9 Å². The van der Waals surface area contributed by atoms with Crippen LogP contribution in [-0.4, -0.2) is 128 Å². The molecule has 0 radical (unpaired) electrons. The Kier molecular flexibility index (Phi) is 11.8. The molecule has 6 aromatic heterocycles. The second-order valence-electron chi connectivity index (χ2n) is 14.4. The minimum absolute atomic E-state index is 0. The van der Waals surface area contributed by atoms with Crippen LogP contribution in [0, 0.1) is 13.8 Å². The van der Waals surface area contributed by atoms with Crippen molar-refractivity contribution in [3.8, 4) is 34.6 Å². The molecule has 10 heterocycles. The van der Waals surface area contributed by atoms with E-state index >= 15 is 0 Å². The van der Waals surface area contributed by atoms with Crippen molar-refractivity contribution in [2.24, 2.45) is 0 Å². The van der Waals surface area contributed by atoms with Crippen LogP contribution in [0.2, 0.25) is 5.28 Å². The number of anilines is 5. The average Bonchev–Trinajstić information content (AvgIpc) is 3.85. The molecule has 3 N–H and O–H groups in total. The first-order chi connectivity index (χ1) is 28.5. The average molecular weight is 843 g/mol. The van der Waals surface area contributed by atoms with E-state index in [-0.39, 0.29) is 23.8 Å². The van der Waals surface area contributed by atoms with Gasteiger partial charge in [-0.3, -0.25) is 9.13 Å². The number of nitrogens with two attached hydrogens (primary N) is 1. The van der Waals surface area contributed by atoms with Crippen LogP contribution in [0.25, 0.3) is 11.6 Å². The van der Waals surface area contributed by atoms with Crippen LogP contribution in [0.3, 0.4) is 0 Å². The van der Waals surface area contributed by atoms with Gasteiger partial charge in [-0.05, 0) is 25.4 Å². The molecule has 2 saturated heterocycles. The molecule has 6 aromatic rings. The zero-order valence-corrected chi connectivity index (χ0v) is 34.0. The fraction of sp³-hybridized carbons (Fsp3) is 0.385. The number of nitrogens with zero attached hydrogens (tertiary/aromatic N) is 12.